The molecule has 0 radical (unpaired) electrons. The maximum absolute atomic E-state index is 11.3. The number of unbranched alkanes of at least 4 members (excludes halogenated alkanes) is 1. The van der Waals surface area contributed by atoms with Crippen LogP contribution in [0.3, 0.4) is 0 Å². The monoisotopic (exact) mass is 249 g/mol. The number of hydrogen-bond acceptors (Lipinski definition) is 3. The fourth-order valence-corrected chi connectivity index (χ4v) is 1.95. The molecule has 0 aliphatic carbocycles. The van der Waals surface area contributed by atoms with E-state index in [-0.39, 0.29) is 5.92 Å². The van der Waals surface area contributed by atoms with Crippen molar-refractivity contribution in [3.05, 3.63) is 10.4 Å². The van der Waals surface area contributed by atoms with Crippen LogP contribution in [0.25, 0.3) is 10.4 Å². The summed E-state index contributed by atoms with van der Waals surface area (Å²) in [6, 6.07) is 0. The van der Waals surface area contributed by atoms with Crippen LogP contribution in [0.15, 0.2) is 5.11 Å². The van der Waals surface area contributed by atoms with Gasteiger partial charge in [-0.05, 0) is 24.3 Å². The minimum absolute atomic E-state index is 0.279. The zero-order valence-electron chi connectivity index (χ0n) is 9.68. The van der Waals surface area contributed by atoms with E-state index in [1.54, 1.807) is 0 Å². The van der Waals surface area contributed by atoms with Crippen LogP contribution >= 0.6 is 0 Å². The van der Waals surface area contributed by atoms with Crippen molar-refractivity contribution in [3.8, 4) is 0 Å². The van der Waals surface area contributed by atoms with Gasteiger partial charge in [0.2, 0.25) is 0 Å². The van der Waals surface area contributed by atoms with Crippen molar-refractivity contribution in [2.45, 2.75) is 26.7 Å². The topological polar surface area (TPSA) is 107 Å². The molecule has 0 amide bonds. The summed E-state index contributed by atoms with van der Waals surface area (Å²) < 4.78 is 27.5. The molecule has 0 aromatic carbocycles. The van der Waals surface area contributed by atoms with Crippen molar-refractivity contribution in [2.75, 3.05) is 19.6 Å². The fraction of sp³-hybridized carbons (Fsp3) is 1.00. The average molecular weight is 249 g/mol. The van der Waals surface area contributed by atoms with Gasteiger partial charge >= 0.3 is 0 Å². The van der Waals surface area contributed by atoms with Crippen molar-refractivity contribution in [2.24, 2.45) is 11.0 Å². The van der Waals surface area contributed by atoms with Gasteiger partial charge in [-0.2, -0.15) is 8.42 Å². The van der Waals surface area contributed by atoms with E-state index in [1.807, 2.05) is 13.8 Å². The fourth-order valence-electron chi connectivity index (χ4n) is 0.886. The van der Waals surface area contributed by atoms with E-state index in [0.717, 1.165) is 0 Å². The van der Waals surface area contributed by atoms with Crippen LogP contribution in [-0.4, -0.2) is 28.1 Å². The lowest BCUT2D eigenvalue weighted by Gasteiger charge is -2.09. The number of azide groups is 1. The lowest BCUT2D eigenvalue weighted by atomic mass is 10.2. The summed E-state index contributed by atoms with van der Waals surface area (Å²) in [5, 5.41) is 3.35. The molecule has 0 aromatic heterocycles. The lowest BCUT2D eigenvalue weighted by molar-refractivity contribution is 0.544. The number of rotatable bonds is 9. The van der Waals surface area contributed by atoms with Crippen LogP contribution in [0.2, 0.25) is 0 Å². The second kappa shape index (κ2) is 8.35. The maximum atomic E-state index is 11.3. The summed E-state index contributed by atoms with van der Waals surface area (Å²) in [6.45, 7) is 5.05. The summed E-state index contributed by atoms with van der Waals surface area (Å²) in [7, 11) is -3.37. The van der Waals surface area contributed by atoms with Crippen LogP contribution in [0, 0.1) is 5.92 Å². The van der Waals surface area contributed by atoms with E-state index < -0.39 is 10.2 Å². The molecule has 0 aromatic rings. The molecule has 0 aliphatic rings. The van der Waals surface area contributed by atoms with Gasteiger partial charge in [-0.15, -0.1) is 0 Å². The van der Waals surface area contributed by atoms with Gasteiger partial charge in [0, 0.05) is 24.5 Å². The average Bonchev–Trinajstić information content (AvgIpc) is 2.21. The molecule has 94 valence electrons. The Hall–Kier alpha value is -0.820. The molecule has 0 bridgehead atoms. The zero-order valence-corrected chi connectivity index (χ0v) is 10.5. The highest BCUT2D eigenvalue weighted by atomic mass is 32.2. The molecule has 16 heavy (non-hydrogen) atoms. The molecule has 2 N–H and O–H groups in total. The first-order valence-corrected chi connectivity index (χ1v) is 6.71. The quantitative estimate of drug-likeness (QED) is 0.277. The van der Waals surface area contributed by atoms with Crippen molar-refractivity contribution in [3.63, 3.8) is 0 Å². The van der Waals surface area contributed by atoms with Crippen LogP contribution in [-0.2, 0) is 10.2 Å². The van der Waals surface area contributed by atoms with Gasteiger partial charge in [-0.1, -0.05) is 19.0 Å². The lowest BCUT2D eigenvalue weighted by Crippen LogP contribution is -2.38. The summed E-state index contributed by atoms with van der Waals surface area (Å²) in [4.78, 5) is 2.60. The Bertz CT molecular complexity index is 321. The molecular formula is C8H19N5O2S. The van der Waals surface area contributed by atoms with Gasteiger partial charge in [-0.3, -0.25) is 0 Å². The van der Waals surface area contributed by atoms with Crippen LogP contribution < -0.4 is 9.44 Å². The maximum Gasteiger partial charge on any atom is 0.276 e. The Kier molecular flexibility index (Phi) is 7.92. The van der Waals surface area contributed by atoms with Crippen LogP contribution in [0.5, 0.6) is 0 Å². The molecule has 7 nitrogen and oxygen atoms in total. The molecule has 0 heterocycles. The Morgan fingerprint density at radius 3 is 2.56 bits per heavy atom. The first-order chi connectivity index (χ1) is 7.48. The summed E-state index contributed by atoms with van der Waals surface area (Å²) in [5.41, 5.74) is 8.01. The van der Waals surface area contributed by atoms with E-state index in [2.05, 4.69) is 19.5 Å². The molecule has 0 rings (SSSR count). The molecule has 0 aliphatic heterocycles. The second-order valence-electron chi connectivity index (χ2n) is 3.80. The van der Waals surface area contributed by atoms with Gasteiger partial charge in [0.25, 0.3) is 10.2 Å². The molecule has 0 saturated carbocycles. The third-order valence-electron chi connectivity index (χ3n) is 1.72. The largest absolute Gasteiger partial charge is 0.276 e. The van der Waals surface area contributed by atoms with Crippen LogP contribution in [0.4, 0.5) is 0 Å². The molecule has 0 saturated heterocycles. The Labute approximate surface area is 96.4 Å². The molecular weight excluding hydrogens is 230 g/mol. The molecule has 0 spiro atoms. The molecule has 0 unspecified atom stereocenters. The summed E-state index contributed by atoms with van der Waals surface area (Å²) in [5.74, 6) is 0.279. The van der Waals surface area contributed by atoms with Crippen molar-refractivity contribution in [1.29, 1.82) is 0 Å². The highest BCUT2D eigenvalue weighted by Gasteiger charge is 2.08. The van der Waals surface area contributed by atoms with Crippen LogP contribution in [0.1, 0.15) is 26.7 Å². The van der Waals surface area contributed by atoms with Crippen molar-refractivity contribution in [1.82, 2.24) is 9.44 Å². The van der Waals surface area contributed by atoms with E-state index in [1.165, 1.54) is 0 Å². The smallest absolute Gasteiger partial charge is 0.202 e. The number of hydrogen-bond donors (Lipinski definition) is 2. The number of nitrogens with zero attached hydrogens (tertiary/aromatic N) is 3. The third-order valence-corrected chi connectivity index (χ3v) is 2.85. The predicted molar refractivity (Wildman–Crippen MR) is 63.0 cm³/mol. The second-order valence-corrected chi connectivity index (χ2v) is 5.39. The van der Waals surface area contributed by atoms with E-state index in [4.69, 9.17) is 5.53 Å². The van der Waals surface area contributed by atoms with E-state index >= 15 is 0 Å². The molecule has 0 fully saturated rings. The minimum Gasteiger partial charge on any atom is -0.202 e. The molecule has 8 heteroatoms. The van der Waals surface area contributed by atoms with Gasteiger partial charge in [0.05, 0.1) is 0 Å². The van der Waals surface area contributed by atoms with E-state index in [9.17, 15) is 8.42 Å². The van der Waals surface area contributed by atoms with Gasteiger partial charge < -0.3 is 0 Å². The zero-order chi connectivity index (χ0) is 12.4. The normalized spacial score (nSPS) is 11.4. The third kappa shape index (κ3) is 9.72. The standard InChI is InChI=1S/C8H19N5O2S/c1-8(2)7-12-16(14,15)11-6-4-3-5-10-13-9/h8,11-12H,3-7H2,1-2H3. The minimum atomic E-state index is -3.37. The molecule has 0 atom stereocenters. The highest BCUT2D eigenvalue weighted by Crippen LogP contribution is 1.91. The predicted octanol–water partition coefficient (Wildman–Crippen LogP) is 1.16. The SMILES string of the molecule is CC(C)CNS(=O)(=O)NCCCCN=[N+]=[N-]. The highest BCUT2D eigenvalue weighted by molar-refractivity contribution is 7.87. The van der Waals surface area contributed by atoms with Gasteiger partial charge in [0.15, 0.2) is 0 Å². The van der Waals surface area contributed by atoms with Gasteiger partial charge in [0.1, 0.15) is 0 Å². The van der Waals surface area contributed by atoms with Gasteiger partial charge in [-0.25, -0.2) is 9.44 Å². The Morgan fingerprint density at radius 2 is 2.00 bits per heavy atom. The van der Waals surface area contributed by atoms with Crippen molar-refractivity contribution >= 4 is 10.2 Å². The summed E-state index contributed by atoms with van der Waals surface area (Å²) >= 11 is 0. The first-order valence-electron chi connectivity index (χ1n) is 5.23. The van der Waals surface area contributed by atoms with E-state index in [0.29, 0.717) is 32.5 Å². The Morgan fingerprint density at radius 1 is 1.31 bits per heavy atom. The first kappa shape index (κ1) is 15.2. The summed E-state index contributed by atoms with van der Waals surface area (Å²) in [6.07, 6.45) is 1.33. The number of nitrogens with one attached hydrogen (secondary N) is 2. The Balaban J connectivity index is 3.62. The van der Waals surface area contributed by atoms with Crippen molar-refractivity contribution < 1.29 is 8.42 Å².